The highest BCUT2D eigenvalue weighted by molar-refractivity contribution is 7.99. The summed E-state index contributed by atoms with van der Waals surface area (Å²) in [6, 6.07) is 4.86. The second kappa shape index (κ2) is 7.94. The van der Waals surface area contributed by atoms with E-state index in [0.29, 0.717) is 18.8 Å². The molecule has 0 aromatic heterocycles. The summed E-state index contributed by atoms with van der Waals surface area (Å²) in [5.74, 6) is 1.09. The standard InChI is InChI=1S/C12H17NO4S/c1-2-7-17-12-9-10(18-8-3-6-14)4-5-11(12)13(15)16/h4-5,9,14H,2-3,6-8H2,1H3. The number of ether oxygens (including phenoxy) is 1. The summed E-state index contributed by atoms with van der Waals surface area (Å²) < 4.78 is 5.39. The Morgan fingerprint density at radius 3 is 2.89 bits per heavy atom. The molecule has 5 nitrogen and oxygen atoms in total. The number of nitro benzene ring substituents is 1. The van der Waals surface area contributed by atoms with E-state index in [2.05, 4.69) is 0 Å². The van der Waals surface area contributed by atoms with Gasteiger partial charge in [0.05, 0.1) is 11.5 Å². The highest BCUT2D eigenvalue weighted by atomic mass is 32.2. The van der Waals surface area contributed by atoms with E-state index in [0.717, 1.165) is 17.1 Å². The largest absolute Gasteiger partial charge is 0.487 e. The summed E-state index contributed by atoms with van der Waals surface area (Å²) in [6.45, 7) is 2.57. The van der Waals surface area contributed by atoms with Gasteiger partial charge in [0.1, 0.15) is 0 Å². The Morgan fingerprint density at radius 2 is 2.28 bits per heavy atom. The number of nitro groups is 1. The van der Waals surface area contributed by atoms with Crippen LogP contribution in [0.3, 0.4) is 0 Å². The number of aliphatic hydroxyl groups is 1. The Kier molecular flexibility index (Phi) is 6.53. The molecule has 18 heavy (non-hydrogen) atoms. The van der Waals surface area contributed by atoms with Crippen molar-refractivity contribution in [3.8, 4) is 5.75 Å². The first kappa shape index (κ1) is 14.8. The quantitative estimate of drug-likeness (QED) is 0.340. The zero-order chi connectivity index (χ0) is 13.4. The molecule has 0 aliphatic rings. The lowest BCUT2D eigenvalue weighted by Crippen LogP contribution is -1.99. The van der Waals surface area contributed by atoms with Gasteiger partial charge in [-0.25, -0.2) is 0 Å². The Morgan fingerprint density at radius 1 is 1.50 bits per heavy atom. The highest BCUT2D eigenvalue weighted by Gasteiger charge is 2.15. The van der Waals surface area contributed by atoms with Crippen molar-refractivity contribution >= 4 is 17.4 Å². The van der Waals surface area contributed by atoms with Gasteiger partial charge in [-0.05, 0) is 18.9 Å². The van der Waals surface area contributed by atoms with E-state index >= 15 is 0 Å². The van der Waals surface area contributed by atoms with Gasteiger partial charge in [0.25, 0.3) is 0 Å². The normalized spacial score (nSPS) is 10.3. The van der Waals surface area contributed by atoms with Crippen molar-refractivity contribution in [3.63, 3.8) is 0 Å². The lowest BCUT2D eigenvalue weighted by molar-refractivity contribution is -0.385. The molecule has 0 radical (unpaired) electrons. The van der Waals surface area contributed by atoms with Gasteiger partial charge in [0.15, 0.2) is 5.75 Å². The lowest BCUT2D eigenvalue weighted by Gasteiger charge is -2.07. The fourth-order valence-electron chi connectivity index (χ4n) is 1.32. The molecule has 1 N–H and O–H groups in total. The maximum absolute atomic E-state index is 10.8. The van der Waals surface area contributed by atoms with Crippen LogP contribution in [0.2, 0.25) is 0 Å². The second-order valence-electron chi connectivity index (χ2n) is 3.66. The molecular weight excluding hydrogens is 254 g/mol. The first-order valence-corrected chi connectivity index (χ1v) is 6.82. The molecule has 0 bridgehead atoms. The number of hydrogen-bond donors (Lipinski definition) is 1. The molecule has 0 aliphatic heterocycles. The number of aliphatic hydroxyl groups excluding tert-OH is 1. The summed E-state index contributed by atoms with van der Waals surface area (Å²) in [4.78, 5) is 11.3. The molecule has 1 rings (SSSR count). The number of benzene rings is 1. The van der Waals surface area contributed by atoms with Crippen LogP contribution < -0.4 is 4.74 Å². The summed E-state index contributed by atoms with van der Waals surface area (Å²) in [5, 5.41) is 19.5. The third kappa shape index (κ3) is 4.54. The Hall–Kier alpha value is -1.27. The minimum Gasteiger partial charge on any atom is -0.487 e. The molecule has 1 aromatic carbocycles. The number of hydrogen-bond acceptors (Lipinski definition) is 5. The van der Waals surface area contributed by atoms with Crippen molar-refractivity contribution in [3.05, 3.63) is 28.3 Å². The van der Waals surface area contributed by atoms with Crippen molar-refractivity contribution in [1.29, 1.82) is 0 Å². The van der Waals surface area contributed by atoms with Crippen molar-refractivity contribution in [1.82, 2.24) is 0 Å². The Bertz CT molecular complexity index is 398. The molecule has 0 unspecified atom stereocenters. The molecule has 0 amide bonds. The smallest absolute Gasteiger partial charge is 0.310 e. The number of nitrogens with zero attached hydrogens (tertiary/aromatic N) is 1. The van der Waals surface area contributed by atoms with E-state index in [9.17, 15) is 10.1 Å². The molecule has 0 saturated carbocycles. The van der Waals surface area contributed by atoms with Crippen LogP contribution in [0, 0.1) is 10.1 Å². The van der Waals surface area contributed by atoms with E-state index < -0.39 is 4.92 Å². The molecule has 0 saturated heterocycles. The molecular formula is C12H17NO4S. The Labute approximate surface area is 110 Å². The van der Waals surface area contributed by atoms with Gasteiger partial charge >= 0.3 is 5.69 Å². The van der Waals surface area contributed by atoms with E-state index in [4.69, 9.17) is 9.84 Å². The highest BCUT2D eigenvalue weighted by Crippen LogP contribution is 2.32. The third-order valence-electron chi connectivity index (χ3n) is 2.16. The number of thioether (sulfide) groups is 1. The van der Waals surface area contributed by atoms with Crippen LogP contribution >= 0.6 is 11.8 Å². The zero-order valence-corrected chi connectivity index (χ0v) is 11.1. The average molecular weight is 271 g/mol. The predicted molar refractivity (Wildman–Crippen MR) is 71.3 cm³/mol. The van der Waals surface area contributed by atoms with Crippen molar-refractivity contribution < 1.29 is 14.8 Å². The van der Waals surface area contributed by atoms with Crippen LogP contribution in [0.25, 0.3) is 0 Å². The molecule has 0 fully saturated rings. The van der Waals surface area contributed by atoms with Crippen molar-refractivity contribution in [2.24, 2.45) is 0 Å². The van der Waals surface area contributed by atoms with E-state index in [1.165, 1.54) is 6.07 Å². The van der Waals surface area contributed by atoms with E-state index in [-0.39, 0.29) is 12.3 Å². The molecule has 1 aromatic rings. The number of rotatable bonds is 8. The average Bonchev–Trinajstić information content (AvgIpc) is 2.36. The minimum absolute atomic E-state index is 0.00467. The van der Waals surface area contributed by atoms with Crippen LogP contribution in [0.15, 0.2) is 23.1 Å². The first-order valence-electron chi connectivity index (χ1n) is 5.84. The van der Waals surface area contributed by atoms with Crippen LogP contribution in [-0.2, 0) is 0 Å². The molecule has 6 heteroatoms. The van der Waals surface area contributed by atoms with Gasteiger partial charge in [-0.2, -0.15) is 0 Å². The molecule has 0 atom stereocenters. The van der Waals surface area contributed by atoms with Crippen LogP contribution in [0.5, 0.6) is 5.75 Å². The summed E-state index contributed by atoms with van der Waals surface area (Å²) in [6.07, 6.45) is 1.51. The van der Waals surface area contributed by atoms with Gasteiger partial charge < -0.3 is 9.84 Å². The van der Waals surface area contributed by atoms with Gasteiger partial charge in [0, 0.05) is 29.4 Å². The van der Waals surface area contributed by atoms with Crippen LogP contribution in [0.1, 0.15) is 19.8 Å². The molecule has 100 valence electrons. The van der Waals surface area contributed by atoms with Crippen molar-refractivity contribution in [2.45, 2.75) is 24.7 Å². The van der Waals surface area contributed by atoms with Crippen LogP contribution in [-0.4, -0.2) is 29.0 Å². The summed E-state index contributed by atoms with van der Waals surface area (Å²) in [5.41, 5.74) is -0.00467. The predicted octanol–water partition coefficient (Wildman–Crippen LogP) is 2.86. The molecule has 0 spiro atoms. The van der Waals surface area contributed by atoms with Gasteiger partial charge in [0.2, 0.25) is 0 Å². The fraction of sp³-hybridized carbons (Fsp3) is 0.500. The maximum Gasteiger partial charge on any atom is 0.310 e. The summed E-state index contributed by atoms with van der Waals surface area (Å²) in [7, 11) is 0. The second-order valence-corrected chi connectivity index (χ2v) is 4.83. The maximum atomic E-state index is 10.8. The van der Waals surface area contributed by atoms with Crippen LogP contribution in [0.4, 0.5) is 5.69 Å². The third-order valence-corrected chi connectivity index (χ3v) is 3.24. The topological polar surface area (TPSA) is 72.6 Å². The lowest BCUT2D eigenvalue weighted by atomic mass is 10.3. The molecule has 0 heterocycles. The summed E-state index contributed by atoms with van der Waals surface area (Å²) >= 11 is 1.55. The van der Waals surface area contributed by atoms with E-state index in [1.54, 1.807) is 23.9 Å². The SMILES string of the molecule is CCCOc1cc(SCCCO)ccc1[N+](=O)[O-]. The minimum atomic E-state index is -0.437. The fourth-order valence-corrected chi connectivity index (χ4v) is 2.18. The first-order chi connectivity index (χ1) is 8.69. The Balaban J connectivity index is 2.80. The van der Waals surface area contributed by atoms with Crippen molar-refractivity contribution in [2.75, 3.05) is 19.0 Å². The van der Waals surface area contributed by atoms with Gasteiger partial charge in [-0.3, -0.25) is 10.1 Å². The van der Waals surface area contributed by atoms with E-state index in [1.807, 2.05) is 6.92 Å². The zero-order valence-electron chi connectivity index (χ0n) is 10.3. The van der Waals surface area contributed by atoms with Gasteiger partial charge in [-0.15, -0.1) is 11.8 Å². The molecule has 0 aliphatic carbocycles. The monoisotopic (exact) mass is 271 g/mol. The van der Waals surface area contributed by atoms with Gasteiger partial charge in [-0.1, -0.05) is 6.92 Å².